The third-order valence-corrected chi connectivity index (χ3v) is 8.55. The highest BCUT2D eigenvalue weighted by Crippen LogP contribution is 2.45. The first-order valence-corrected chi connectivity index (χ1v) is 15.5. The van der Waals surface area contributed by atoms with Crippen molar-refractivity contribution in [3.05, 3.63) is 136 Å². The van der Waals surface area contributed by atoms with Crippen molar-refractivity contribution in [2.45, 2.75) is 33.4 Å². The molecule has 1 amide bonds. The van der Waals surface area contributed by atoms with Crippen LogP contribution in [0.4, 0.5) is 5.13 Å². The molecule has 0 spiro atoms. The predicted molar refractivity (Wildman–Crippen MR) is 178 cm³/mol. The molecule has 0 saturated carbocycles. The Bertz CT molecular complexity index is 1950. The summed E-state index contributed by atoms with van der Waals surface area (Å²) in [6, 6.07) is 27.6. The maximum atomic E-state index is 13.8. The van der Waals surface area contributed by atoms with Crippen molar-refractivity contribution in [3.63, 3.8) is 0 Å². The Kier molecular flexibility index (Phi) is 8.49. The van der Waals surface area contributed by atoms with Crippen molar-refractivity contribution in [3.8, 4) is 11.5 Å². The third-order valence-electron chi connectivity index (χ3n) is 7.55. The number of aliphatic hydroxyl groups is 1. The number of nitrogens with zero attached hydrogens (tertiary/aromatic N) is 2. The summed E-state index contributed by atoms with van der Waals surface area (Å²) in [7, 11) is 0. The number of ketones is 1. The molecular weight excluding hydrogens is 584 g/mol. The maximum Gasteiger partial charge on any atom is 0.296 e. The molecule has 0 saturated heterocycles. The third kappa shape index (κ3) is 6.10. The number of carbonyl (C=O) groups is 2. The average Bonchev–Trinajstić information content (AvgIpc) is 3.58. The lowest BCUT2D eigenvalue weighted by atomic mass is 9.95. The van der Waals surface area contributed by atoms with Gasteiger partial charge in [0.1, 0.15) is 6.61 Å². The minimum atomic E-state index is -0.949. The SMILES string of the molecule is CCOc1cc(C2C(C(=O)/C=C/c3ccccc3)=C(O)C(=O)N2c2nc3c(C)cc(C)cc3s2)ccc1OCc1ccccc1. The summed E-state index contributed by atoms with van der Waals surface area (Å²) in [6.07, 6.45) is 3.06. The van der Waals surface area contributed by atoms with E-state index in [1.54, 1.807) is 24.3 Å². The zero-order chi connectivity index (χ0) is 31.5. The van der Waals surface area contributed by atoms with Crippen LogP contribution in [-0.2, 0) is 16.2 Å². The molecule has 6 rings (SSSR count). The van der Waals surface area contributed by atoms with Crippen LogP contribution < -0.4 is 14.4 Å². The summed E-state index contributed by atoms with van der Waals surface area (Å²) in [5, 5.41) is 11.6. The number of carbonyl (C=O) groups excluding carboxylic acids is 2. The van der Waals surface area contributed by atoms with E-state index in [2.05, 4.69) is 0 Å². The fourth-order valence-corrected chi connectivity index (χ4v) is 6.64. The number of rotatable bonds is 10. The molecule has 1 atom stereocenters. The summed E-state index contributed by atoms with van der Waals surface area (Å²) in [5.41, 5.74) is 5.20. The molecule has 0 radical (unpaired) electrons. The number of hydrogen-bond acceptors (Lipinski definition) is 7. The van der Waals surface area contributed by atoms with Crippen LogP contribution in [0.3, 0.4) is 0 Å². The van der Waals surface area contributed by atoms with Crippen molar-refractivity contribution in [2.24, 2.45) is 0 Å². The molecule has 4 aromatic carbocycles. The Labute approximate surface area is 265 Å². The summed E-state index contributed by atoms with van der Waals surface area (Å²) >= 11 is 1.35. The number of fused-ring (bicyclic) bond motifs is 1. The van der Waals surface area contributed by atoms with Gasteiger partial charge >= 0.3 is 0 Å². The molecule has 8 heteroatoms. The topological polar surface area (TPSA) is 89.0 Å². The lowest BCUT2D eigenvalue weighted by Gasteiger charge is -2.25. The summed E-state index contributed by atoms with van der Waals surface area (Å²) in [5.74, 6) is -0.777. The standard InChI is InChI=1S/C37H32N2O5S/c1-4-43-30-21-27(16-18-29(30)44-22-26-13-9-6-10-14-26)34-32(28(40)17-15-25-11-7-5-8-12-25)35(41)36(42)39(34)37-38-33-24(3)19-23(2)20-31(33)45-37/h5-21,34,41H,4,22H2,1-3H3/b17-15+. The summed E-state index contributed by atoms with van der Waals surface area (Å²) in [6.45, 7) is 6.58. The van der Waals surface area contributed by atoms with E-state index in [0.29, 0.717) is 35.4 Å². The second-order valence-corrected chi connectivity index (χ2v) is 11.8. The number of allylic oxidation sites excluding steroid dienone is 1. The summed E-state index contributed by atoms with van der Waals surface area (Å²) in [4.78, 5) is 33.8. The van der Waals surface area contributed by atoms with E-state index in [0.717, 1.165) is 32.5 Å². The van der Waals surface area contributed by atoms with Crippen LogP contribution in [0.1, 0.15) is 40.8 Å². The van der Waals surface area contributed by atoms with Crippen molar-refractivity contribution in [1.82, 2.24) is 4.98 Å². The van der Waals surface area contributed by atoms with Crippen LogP contribution in [0.15, 0.2) is 108 Å². The number of aromatic nitrogens is 1. The molecule has 0 aliphatic carbocycles. The monoisotopic (exact) mass is 616 g/mol. The van der Waals surface area contributed by atoms with Gasteiger partial charge in [-0.15, -0.1) is 0 Å². The van der Waals surface area contributed by atoms with E-state index >= 15 is 0 Å². The van der Waals surface area contributed by atoms with Crippen molar-refractivity contribution >= 4 is 44.5 Å². The molecule has 226 valence electrons. The van der Waals surface area contributed by atoms with E-state index in [4.69, 9.17) is 14.5 Å². The zero-order valence-corrected chi connectivity index (χ0v) is 26.0. The minimum Gasteiger partial charge on any atom is -0.503 e. The van der Waals surface area contributed by atoms with Crippen molar-refractivity contribution in [2.75, 3.05) is 11.5 Å². The van der Waals surface area contributed by atoms with Gasteiger partial charge in [0.05, 0.1) is 28.4 Å². The van der Waals surface area contributed by atoms with Crippen LogP contribution in [-0.4, -0.2) is 28.4 Å². The number of thiazole rings is 1. The number of ether oxygens (including phenoxy) is 2. The average molecular weight is 617 g/mol. The molecule has 1 N–H and O–H groups in total. The fourth-order valence-electron chi connectivity index (χ4n) is 5.48. The van der Waals surface area contributed by atoms with Gasteiger partial charge in [-0.2, -0.15) is 0 Å². The van der Waals surface area contributed by atoms with E-state index in [9.17, 15) is 14.7 Å². The Morgan fingerprint density at radius 1 is 0.956 bits per heavy atom. The lowest BCUT2D eigenvalue weighted by Crippen LogP contribution is -2.30. The molecule has 1 aliphatic rings. The van der Waals surface area contributed by atoms with Crippen molar-refractivity contribution < 1.29 is 24.2 Å². The Balaban J connectivity index is 1.44. The molecular formula is C37H32N2O5S. The van der Waals surface area contributed by atoms with Gasteiger partial charge < -0.3 is 14.6 Å². The van der Waals surface area contributed by atoms with Crippen LogP contribution >= 0.6 is 11.3 Å². The quantitative estimate of drug-likeness (QED) is 0.160. The molecule has 7 nitrogen and oxygen atoms in total. The number of benzene rings is 4. The van der Waals surface area contributed by atoms with Gasteiger partial charge in [-0.25, -0.2) is 4.98 Å². The Morgan fingerprint density at radius 2 is 1.69 bits per heavy atom. The molecule has 5 aromatic rings. The fraction of sp³-hybridized carbons (Fsp3) is 0.162. The first kappa shape index (κ1) is 29.8. The van der Waals surface area contributed by atoms with E-state index in [-0.39, 0.29) is 5.57 Å². The highest BCUT2D eigenvalue weighted by molar-refractivity contribution is 7.22. The first-order chi connectivity index (χ1) is 21.8. The molecule has 1 aliphatic heterocycles. The van der Waals surface area contributed by atoms with Gasteiger partial charge in [0.15, 0.2) is 28.2 Å². The molecule has 1 aromatic heterocycles. The highest BCUT2D eigenvalue weighted by Gasteiger charge is 2.45. The van der Waals surface area contributed by atoms with Gasteiger partial charge in [0, 0.05) is 0 Å². The zero-order valence-electron chi connectivity index (χ0n) is 25.2. The van der Waals surface area contributed by atoms with Crippen LogP contribution in [0.25, 0.3) is 16.3 Å². The van der Waals surface area contributed by atoms with E-state index in [1.165, 1.54) is 22.3 Å². The predicted octanol–water partition coefficient (Wildman–Crippen LogP) is 8.07. The Hall–Kier alpha value is -5.21. The summed E-state index contributed by atoms with van der Waals surface area (Å²) < 4.78 is 13.0. The van der Waals surface area contributed by atoms with Crippen molar-refractivity contribution in [1.29, 1.82) is 0 Å². The second kappa shape index (κ2) is 12.8. The van der Waals surface area contributed by atoms with Gasteiger partial charge in [-0.1, -0.05) is 90.2 Å². The molecule has 0 fully saturated rings. The number of aliphatic hydroxyl groups excluding tert-OH is 1. The van der Waals surface area contributed by atoms with Crippen LogP contribution in [0.5, 0.6) is 11.5 Å². The first-order valence-electron chi connectivity index (χ1n) is 14.7. The number of anilines is 1. The second-order valence-electron chi connectivity index (χ2n) is 10.8. The normalized spacial score (nSPS) is 15.0. The van der Waals surface area contributed by atoms with Gasteiger partial charge in [-0.05, 0) is 72.9 Å². The van der Waals surface area contributed by atoms with Crippen LogP contribution in [0.2, 0.25) is 0 Å². The molecule has 45 heavy (non-hydrogen) atoms. The van der Waals surface area contributed by atoms with Crippen LogP contribution in [0, 0.1) is 13.8 Å². The number of aryl methyl sites for hydroxylation is 2. The number of hydrogen-bond donors (Lipinski definition) is 1. The Morgan fingerprint density at radius 3 is 2.42 bits per heavy atom. The lowest BCUT2D eigenvalue weighted by molar-refractivity contribution is -0.117. The molecule has 2 heterocycles. The molecule has 0 bridgehead atoms. The maximum absolute atomic E-state index is 13.8. The number of amides is 1. The van der Waals surface area contributed by atoms with Gasteiger partial charge in [0.2, 0.25) is 0 Å². The highest BCUT2D eigenvalue weighted by atomic mass is 32.1. The molecule has 1 unspecified atom stereocenters. The largest absolute Gasteiger partial charge is 0.503 e. The van der Waals surface area contributed by atoms with Gasteiger partial charge in [0.25, 0.3) is 5.91 Å². The van der Waals surface area contributed by atoms with E-state index in [1.807, 2.05) is 93.6 Å². The smallest absolute Gasteiger partial charge is 0.296 e. The van der Waals surface area contributed by atoms with E-state index < -0.39 is 23.5 Å². The van der Waals surface area contributed by atoms with Gasteiger partial charge in [-0.3, -0.25) is 14.5 Å². The minimum absolute atomic E-state index is 0.0280.